The van der Waals surface area contributed by atoms with Gasteiger partial charge in [-0.3, -0.25) is 0 Å². The Bertz CT molecular complexity index is 634. The lowest BCUT2D eigenvalue weighted by Crippen LogP contribution is -2.44. The molecule has 0 amide bonds. The summed E-state index contributed by atoms with van der Waals surface area (Å²) in [5.41, 5.74) is 1.75. The summed E-state index contributed by atoms with van der Waals surface area (Å²) >= 11 is 12.2. The molecule has 1 aromatic carbocycles. The normalized spacial score (nSPS) is 20.8. The van der Waals surface area contributed by atoms with E-state index < -0.39 is 0 Å². The van der Waals surface area contributed by atoms with Crippen molar-refractivity contribution in [1.29, 1.82) is 0 Å². The molecule has 1 saturated heterocycles. The van der Waals surface area contributed by atoms with Crippen LogP contribution >= 0.6 is 48.0 Å². The van der Waals surface area contributed by atoms with Gasteiger partial charge in [0.1, 0.15) is 0 Å². The molecule has 8 heteroatoms. The van der Waals surface area contributed by atoms with Gasteiger partial charge in [-0.25, -0.2) is 4.98 Å². The van der Waals surface area contributed by atoms with Gasteiger partial charge < -0.3 is 15.0 Å². The summed E-state index contributed by atoms with van der Waals surface area (Å²) < 4.78 is 2.06. The maximum absolute atomic E-state index is 9.96. The minimum Gasteiger partial charge on any atom is -0.392 e. The molecule has 0 aliphatic carbocycles. The molecule has 1 aliphatic rings. The largest absolute Gasteiger partial charge is 0.392 e. The Labute approximate surface area is 158 Å². The van der Waals surface area contributed by atoms with Crippen LogP contribution in [0.25, 0.3) is 11.0 Å². The Hall–Kier alpha value is -0.230. The quantitative estimate of drug-likeness (QED) is 0.812. The maximum Gasteiger partial charge on any atom is 0.0958 e. The van der Waals surface area contributed by atoms with Crippen molar-refractivity contribution in [2.24, 2.45) is 0 Å². The molecule has 2 aromatic rings. The van der Waals surface area contributed by atoms with Crippen LogP contribution < -0.4 is 5.32 Å². The van der Waals surface area contributed by atoms with E-state index in [2.05, 4.69) is 14.9 Å². The molecule has 1 fully saturated rings. The molecule has 4 nitrogen and oxygen atoms in total. The zero-order chi connectivity index (χ0) is 14.8. The van der Waals surface area contributed by atoms with E-state index in [9.17, 15) is 5.11 Å². The summed E-state index contributed by atoms with van der Waals surface area (Å²) in [5, 5.41) is 14.6. The first kappa shape index (κ1) is 20.8. The number of hydrogen-bond donors (Lipinski definition) is 2. The Morgan fingerprint density at radius 3 is 2.83 bits per heavy atom. The zero-order valence-corrected chi connectivity index (χ0v) is 15.7. The summed E-state index contributed by atoms with van der Waals surface area (Å²) in [6.45, 7) is 1.84. The van der Waals surface area contributed by atoms with Crippen molar-refractivity contribution in [3.05, 3.63) is 28.5 Å². The van der Waals surface area contributed by atoms with Gasteiger partial charge in [-0.1, -0.05) is 23.2 Å². The highest BCUT2D eigenvalue weighted by atomic mass is 35.5. The predicted octanol–water partition coefficient (Wildman–Crippen LogP) is 4.08. The summed E-state index contributed by atoms with van der Waals surface area (Å²) in [6, 6.07) is 3.78. The molecular weight excluding hydrogens is 380 g/mol. The molecule has 130 valence electrons. The van der Waals surface area contributed by atoms with Crippen LogP contribution in [0.15, 0.2) is 18.5 Å². The Kier molecular flexibility index (Phi) is 8.42. The van der Waals surface area contributed by atoms with Crippen LogP contribution in [0.4, 0.5) is 0 Å². The lowest BCUT2D eigenvalue weighted by atomic mass is 9.97. The molecule has 1 aromatic heterocycles. The summed E-state index contributed by atoms with van der Waals surface area (Å²) in [4.78, 5) is 4.35. The van der Waals surface area contributed by atoms with Crippen molar-refractivity contribution in [2.75, 3.05) is 6.54 Å². The SMILES string of the molecule is Cl.Cl.O[C@H]1CCCN[C@@H]1CCCn1cnc2cc(Cl)cc(Cl)c21. The highest BCUT2D eigenvalue weighted by Crippen LogP contribution is 2.27. The number of nitrogens with one attached hydrogen (secondary N) is 1. The first-order valence-corrected chi connectivity index (χ1v) is 8.12. The lowest BCUT2D eigenvalue weighted by Gasteiger charge is -2.29. The number of aliphatic hydroxyl groups is 1. The van der Waals surface area contributed by atoms with E-state index in [0.717, 1.165) is 49.8 Å². The van der Waals surface area contributed by atoms with Gasteiger partial charge in [0.25, 0.3) is 0 Å². The molecule has 0 bridgehead atoms. The molecular formula is C15H21Cl4N3O. The van der Waals surface area contributed by atoms with E-state index in [4.69, 9.17) is 23.2 Å². The fourth-order valence-electron chi connectivity index (χ4n) is 3.01. The van der Waals surface area contributed by atoms with Gasteiger partial charge in [0.2, 0.25) is 0 Å². The number of imidazole rings is 1. The smallest absolute Gasteiger partial charge is 0.0958 e. The Morgan fingerprint density at radius 2 is 2.09 bits per heavy atom. The zero-order valence-electron chi connectivity index (χ0n) is 12.5. The van der Waals surface area contributed by atoms with Crippen LogP contribution in [0.5, 0.6) is 0 Å². The van der Waals surface area contributed by atoms with Crippen LogP contribution in [0.1, 0.15) is 25.7 Å². The molecule has 2 N–H and O–H groups in total. The summed E-state index contributed by atoms with van der Waals surface area (Å²) in [7, 11) is 0. The fourth-order valence-corrected chi connectivity index (χ4v) is 3.60. The number of rotatable bonds is 4. The first-order chi connectivity index (χ1) is 10.1. The number of fused-ring (bicyclic) bond motifs is 1. The molecule has 2 atom stereocenters. The summed E-state index contributed by atoms with van der Waals surface area (Å²) in [6.07, 6.45) is 5.46. The fraction of sp³-hybridized carbons (Fsp3) is 0.533. The van der Waals surface area contributed by atoms with E-state index in [1.807, 2.05) is 6.07 Å². The van der Waals surface area contributed by atoms with Crippen LogP contribution in [0.3, 0.4) is 0 Å². The number of halogens is 4. The number of benzene rings is 1. The molecule has 2 heterocycles. The third-order valence-electron chi connectivity index (χ3n) is 4.09. The molecule has 1 aliphatic heterocycles. The van der Waals surface area contributed by atoms with E-state index in [-0.39, 0.29) is 37.0 Å². The van der Waals surface area contributed by atoms with E-state index in [1.165, 1.54) is 0 Å². The molecule has 23 heavy (non-hydrogen) atoms. The Balaban J connectivity index is 0.00000132. The van der Waals surface area contributed by atoms with E-state index >= 15 is 0 Å². The van der Waals surface area contributed by atoms with Gasteiger partial charge in [0.15, 0.2) is 0 Å². The third-order valence-corrected chi connectivity index (χ3v) is 4.60. The second-order valence-corrected chi connectivity index (χ2v) is 6.45. The molecule has 0 spiro atoms. The predicted molar refractivity (Wildman–Crippen MR) is 101 cm³/mol. The van der Waals surface area contributed by atoms with E-state index in [1.54, 1.807) is 12.4 Å². The van der Waals surface area contributed by atoms with Gasteiger partial charge in [-0.05, 0) is 44.4 Å². The average Bonchev–Trinajstić information content (AvgIpc) is 2.84. The van der Waals surface area contributed by atoms with Crippen LogP contribution in [0, 0.1) is 0 Å². The van der Waals surface area contributed by atoms with Crippen molar-refractivity contribution in [2.45, 2.75) is 44.4 Å². The van der Waals surface area contributed by atoms with Crippen LogP contribution in [-0.4, -0.2) is 33.3 Å². The number of aliphatic hydroxyl groups excluding tert-OH is 1. The highest BCUT2D eigenvalue weighted by molar-refractivity contribution is 6.38. The number of aryl methyl sites for hydroxylation is 1. The standard InChI is InChI=1S/C15H19Cl2N3O.2ClH/c16-10-7-11(17)15-13(8-10)19-9-20(15)6-2-3-12-14(21)4-1-5-18-12;;/h7-9,12,14,18,21H,1-6H2;2*1H/t12-,14+;;/m1../s1. The maximum atomic E-state index is 9.96. The van der Waals surface area contributed by atoms with Gasteiger partial charge in [-0.15, -0.1) is 24.8 Å². The van der Waals surface area contributed by atoms with Crippen molar-refractivity contribution in [3.8, 4) is 0 Å². The van der Waals surface area contributed by atoms with Gasteiger partial charge >= 0.3 is 0 Å². The van der Waals surface area contributed by atoms with Gasteiger partial charge in [0, 0.05) is 17.6 Å². The van der Waals surface area contributed by atoms with Gasteiger partial charge in [0.05, 0.1) is 28.5 Å². The van der Waals surface area contributed by atoms with Crippen molar-refractivity contribution >= 4 is 59.0 Å². The van der Waals surface area contributed by atoms with Crippen molar-refractivity contribution < 1.29 is 5.11 Å². The molecule has 0 saturated carbocycles. The minimum atomic E-state index is -0.222. The van der Waals surface area contributed by atoms with E-state index in [0.29, 0.717) is 10.0 Å². The van der Waals surface area contributed by atoms with Crippen LogP contribution in [0.2, 0.25) is 10.0 Å². The van der Waals surface area contributed by atoms with Crippen molar-refractivity contribution in [3.63, 3.8) is 0 Å². The molecule has 0 unspecified atom stereocenters. The first-order valence-electron chi connectivity index (χ1n) is 7.36. The van der Waals surface area contributed by atoms with Crippen LogP contribution in [-0.2, 0) is 6.54 Å². The topological polar surface area (TPSA) is 50.1 Å². The number of hydrogen-bond acceptors (Lipinski definition) is 3. The molecule has 3 rings (SSSR count). The Morgan fingerprint density at radius 1 is 1.30 bits per heavy atom. The lowest BCUT2D eigenvalue weighted by molar-refractivity contribution is 0.0909. The third kappa shape index (κ3) is 4.88. The monoisotopic (exact) mass is 399 g/mol. The number of nitrogens with zero attached hydrogens (tertiary/aromatic N) is 2. The number of piperidine rings is 1. The highest BCUT2D eigenvalue weighted by Gasteiger charge is 2.21. The number of aromatic nitrogens is 2. The molecule has 0 radical (unpaired) electrons. The minimum absolute atomic E-state index is 0. The second-order valence-electron chi connectivity index (χ2n) is 5.61. The second kappa shape index (κ2) is 9.30. The average molecular weight is 401 g/mol. The van der Waals surface area contributed by atoms with Gasteiger partial charge in [-0.2, -0.15) is 0 Å². The van der Waals surface area contributed by atoms with Crippen molar-refractivity contribution in [1.82, 2.24) is 14.9 Å². The summed E-state index contributed by atoms with van der Waals surface area (Å²) in [5.74, 6) is 0.